The van der Waals surface area contributed by atoms with Crippen molar-refractivity contribution >= 4 is 39.1 Å². The van der Waals surface area contributed by atoms with Crippen molar-refractivity contribution in [3.05, 3.63) is 182 Å². The van der Waals surface area contributed by atoms with Gasteiger partial charge in [0.15, 0.2) is 5.58 Å². The monoisotopic (exact) mass is 638 g/mol. The lowest BCUT2D eigenvalue weighted by atomic mass is 9.81. The molecule has 1 aliphatic rings. The number of furan rings is 1. The van der Waals surface area contributed by atoms with Gasteiger partial charge in [-0.25, -0.2) is 4.98 Å². The van der Waals surface area contributed by atoms with E-state index in [0.717, 1.165) is 33.4 Å². The number of hydrogen-bond acceptors (Lipinski definition) is 3. The summed E-state index contributed by atoms with van der Waals surface area (Å²) in [7, 11) is 0. The quantitative estimate of drug-likeness (QED) is 0.192. The summed E-state index contributed by atoms with van der Waals surface area (Å²) >= 11 is 0. The summed E-state index contributed by atoms with van der Waals surface area (Å²) in [6, 6.07) is 63.0. The number of aromatic nitrogens is 1. The standard InChI is InChI=1S/C47H30N2O/c1-2-12-31(13-3-1)32-23-25-33(26-24-32)49(45-22-10-20-42-43-21-11-29-48-47(43)50-46(42)45)34-27-28-41-39-18-7-6-16-37(39)35-14-4-5-15-36(35)38-17-8-9-19-40(38)44(41)30-34/h1-30H. The second kappa shape index (κ2) is 11.5. The molecule has 3 nitrogen and oxygen atoms in total. The van der Waals surface area contributed by atoms with Gasteiger partial charge < -0.3 is 9.32 Å². The summed E-state index contributed by atoms with van der Waals surface area (Å²) in [5, 5.41) is 2.05. The molecule has 0 aliphatic heterocycles. The first-order valence-electron chi connectivity index (χ1n) is 17.0. The van der Waals surface area contributed by atoms with Gasteiger partial charge in [0.1, 0.15) is 0 Å². The van der Waals surface area contributed by atoms with Crippen molar-refractivity contribution in [1.82, 2.24) is 4.98 Å². The van der Waals surface area contributed by atoms with E-state index in [-0.39, 0.29) is 0 Å². The molecule has 0 unspecified atom stereocenters. The van der Waals surface area contributed by atoms with Crippen LogP contribution in [-0.4, -0.2) is 4.98 Å². The largest absolute Gasteiger partial charge is 0.435 e. The third-order valence-electron chi connectivity index (χ3n) is 9.93. The summed E-state index contributed by atoms with van der Waals surface area (Å²) in [4.78, 5) is 6.89. The molecule has 234 valence electrons. The molecule has 0 spiro atoms. The van der Waals surface area contributed by atoms with Crippen LogP contribution in [0, 0.1) is 0 Å². The highest BCUT2D eigenvalue weighted by atomic mass is 16.3. The zero-order chi connectivity index (χ0) is 33.0. The fraction of sp³-hybridized carbons (Fsp3) is 0. The van der Waals surface area contributed by atoms with Crippen LogP contribution in [-0.2, 0) is 0 Å². The normalized spacial score (nSPS) is 11.6. The van der Waals surface area contributed by atoms with Crippen LogP contribution in [0.4, 0.5) is 17.1 Å². The minimum absolute atomic E-state index is 0.636. The Morgan fingerprint density at radius 2 is 0.900 bits per heavy atom. The molecule has 0 bridgehead atoms. The van der Waals surface area contributed by atoms with E-state index < -0.39 is 0 Å². The van der Waals surface area contributed by atoms with Crippen LogP contribution in [0.3, 0.4) is 0 Å². The van der Waals surface area contributed by atoms with E-state index in [1.807, 2.05) is 6.07 Å². The Labute approximate surface area is 290 Å². The number of para-hydroxylation sites is 1. The highest BCUT2D eigenvalue weighted by molar-refractivity contribution is 6.10. The molecule has 9 aromatic rings. The maximum Gasteiger partial charge on any atom is 0.227 e. The number of nitrogens with zero attached hydrogens (tertiary/aromatic N) is 2. The van der Waals surface area contributed by atoms with E-state index in [4.69, 9.17) is 4.42 Å². The molecule has 2 heterocycles. The van der Waals surface area contributed by atoms with Crippen molar-refractivity contribution in [3.8, 4) is 55.6 Å². The summed E-state index contributed by atoms with van der Waals surface area (Å²) in [5.41, 5.74) is 16.6. The second-order valence-electron chi connectivity index (χ2n) is 12.7. The van der Waals surface area contributed by atoms with Gasteiger partial charge in [-0.2, -0.15) is 0 Å². The SMILES string of the molecule is c1ccc(-c2ccc(N(c3ccc4c(c3)-c3ccccc3-c3ccccc3-c3ccccc3-4)c3cccc4c3oc3ncccc34)cc2)cc1. The molecular formula is C47H30N2O. The maximum atomic E-state index is 6.54. The molecule has 3 heteroatoms. The van der Waals surface area contributed by atoms with E-state index in [1.54, 1.807) is 6.20 Å². The first kappa shape index (κ1) is 28.3. The van der Waals surface area contributed by atoms with Gasteiger partial charge in [-0.05, 0) is 98.1 Å². The van der Waals surface area contributed by atoms with Crippen LogP contribution in [0.25, 0.3) is 77.7 Å². The molecule has 0 N–H and O–H groups in total. The Morgan fingerprint density at radius 3 is 1.54 bits per heavy atom. The minimum Gasteiger partial charge on any atom is -0.435 e. The molecule has 2 aromatic heterocycles. The predicted molar refractivity (Wildman–Crippen MR) is 207 cm³/mol. The second-order valence-corrected chi connectivity index (χ2v) is 12.7. The lowest BCUT2D eigenvalue weighted by Crippen LogP contribution is -2.11. The minimum atomic E-state index is 0.636. The number of benzene rings is 7. The van der Waals surface area contributed by atoms with Gasteiger partial charge in [-0.1, -0.05) is 133 Å². The van der Waals surface area contributed by atoms with Crippen LogP contribution >= 0.6 is 0 Å². The lowest BCUT2D eigenvalue weighted by Gasteiger charge is -2.28. The molecule has 0 radical (unpaired) electrons. The molecular weight excluding hydrogens is 609 g/mol. The molecule has 50 heavy (non-hydrogen) atoms. The number of rotatable bonds is 4. The topological polar surface area (TPSA) is 29.3 Å². The Hall–Kier alpha value is -6.71. The maximum absolute atomic E-state index is 6.54. The fourth-order valence-electron chi connectivity index (χ4n) is 7.64. The van der Waals surface area contributed by atoms with Crippen LogP contribution in [0.15, 0.2) is 187 Å². The first-order valence-corrected chi connectivity index (χ1v) is 17.0. The molecule has 0 amide bonds. The highest BCUT2D eigenvalue weighted by Crippen LogP contribution is 2.50. The Bertz CT molecular complexity index is 2700. The Morgan fingerprint density at radius 1 is 0.380 bits per heavy atom. The van der Waals surface area contributed by atoms with Gasteiger partial charge in [0.25, 0.3) is 0 Å². The summed E-state index contributed by atoms with van der Waals surface area (Å²) in [6.07, 6.45) is 1.78. The predicted octanol–water partition coefficient (Wildman–Crippen LogP) is 13.1. The number of fused-ring (bicyclic) bond motifs is 11. The Balaban J connectivity index is 1.24. The molecule has 1 aliphatic carbocycles. The number of anilines is 3. The lowest BCUT2D eigenvalue weighted by molar-refractivity contribution is 0.654. The van der Waals surface area contributed by atoms with Gasteiger partial charge in [-0.15, -0.1) is 0 Å². The zero-order valence-electron chi connectivity index (χ0n) is 27.1. The van der Waals surface area contributed by atoms with Crippen molar-refractivity contribution < 1.29 is 4.42 Å². The average molecular weight is 639 g/mol. The summed E-state index contributed by atoms with van der Waals surface area (Å²) in [5.74, 6) is 0. The summed E-state index contributed by atoms with van der Waals surface area (Å²) < 4.78 is 6.54. The van der Waals surface area contributed by atoms with Crippen molar-refractivity contribution in [2.75, 3.05) is 4.90 Å². The molecule has 0 saturated carbocycles. The van der Waals surface area contributed by atoms with Gasteiger partial charge >= 0.3 is 0 Å². The smallest absolute Gasteiger partial charge is 0.227 e. The van der Waals surface area contributed by atoms with Gasteiger partial charge in [0.05, 0.1) is 5.69 Å². The van der Waals surface area contributed by atoms with E-state index >= 15 is 0 Å². The van der Waals surface area contributed by atoms with E-state index in [2.05, 4.69) is 180 Å². The third-order valence-corrected chi connectivity index (χ3v) is 9.93. The van der Waals surface area contributed by atoms with E-state index in [0.29, 0.717) is 5.71 Å². The first-order chi connectivity index (χ1) is 24.8. The van der Waals surface area contributed by atoms with E-state index in [9.17, 15) is 0 Å². The van der Waals surface area contributed by atoms with E-state index in [1.165, 1.54) is 55.6 Å². The van der Waals surface area contributed by atoms with Gasteiger partial charge in [0, 0.05) is 28.3 Å². The number of hydrogen-bond donors (Lipinski definition) is 0. The van der Waals surface area contributed by atoms with Crippen molar-refractivity contribution in [3.63, 3.8) is 0 Å². The average Bonchev–Trinajstić information content (AvgIpc) is 3.58. The molecule has 0 saturated heterocycles. The van der Waals surface area contributed by atoms with Gasteiger partial charge in [-0.3, -0.25) is 0 Å². The molecule has 10 rings (SSSR count). The third kappa shape index (κ3) is 4.48. The van der Waals surface area contributed by atoms with Crippen LogP contribution in [0.5, 0.6) is 0 Å². The van der Waals surface area contributed by atoms with Crippen molar-refractivity contribution in [2.24, 2.45) is 0 Å². The molecule has 7 aromatic carbocycles. The molecule has 0 atom stereocenters. The van der Waals surface area contributed by atoms with Crippen LogP contribution in [0.1, 0.15) is 0 Å². The van der Waals surface area contributed by atoms with Crippen LogP contribution in [0.2, 0.25) is 0 Å². The van der Waals surface area contributed by atoms with Gasteiger partial charge in [0.2, 0.25) is 5.71 Å². The van der Waals surface area contributed by atoms with Crippen LogP contribution < -0.4 is 4.90 Å². The van der Waals surface area contributed by atoms with Crippen molar-refractivity contribution in [2.45, 2.75) is 0 Å². The Kier molecular flexibility index (Phi) is 6.49. The fourth-order valence-corrected chi connectivity index (χ4v) is 7.64. The highest BCUT2D eigenvalue weighted by Gasteiger charge is 2.25. The van der Waals surface area contributed by atoms with Crippen molar-refractivity contribution in [1.29, 1.82) is 0 Å². The zero-order valence-corrected chi connectivity index (χ0v) is 27.1. The summed E-state index contributed by atoms with van der Waals surface area (Å²) in [6.45, 7) is 0. The number of pyridine rings is 1. The molecule has 0 fully saturated rings.